The van der Waals surface area contributed by atoms with Crippen LogP contribution < -0.4 is 0 Å². The predicted molar refractivity (Wildman–Crippen MR) is 83.6 cm³/mol. The van der Waals surface area contributed by atoms with E-state index in [-0.39, 0.29) is 23.0 Å². The van der Waals surface area contributed by atoms with Crippen LogP contribution in [0.25, 0.3) is 0 Å². The quantitative estimate of drug-likeness (QED) is 0.825. The average Bonchev–Trinajstić information content (AvgIpc) is 2.91. The standard InChI is InChI=1S/C17H21ClFNO2/c1-22-15-4-2-7-17(15)8-3-9-20(11-17)16(21)13-10-12(19)5-6-14(13)18/h5-6,10,15H,2-4,7-9,11H2,1H3/t15-,17-/m1/s1. The number of methoxy groups -OCH3 is 1. The number of hydrogen-bond donors (Lipinski definition) is 0. The number of carbonyl (C=O) groups is 1. The highest BCUT2D eigenvalue weighted by molar-refractivity contribution is 6.33. The van der Waals surface area contributed by atoms with Crippen LogP contribution in [0.15, 0.2) is 18.2 Å². The van der Waals surface area contributed by atoms with Crippen LogP contribution in [0.4, 0.5) is 4.39 Å². The number of carbonyl (C=O) groups excluding carboxylic acids is 1. The molecular weight excluding hydrogens is 305 g/mol. The summed E-state index contributed by atoms with van der Waals surface area (Å²) < 4.78 is 19.1. The fourth-order valence-corrected chi connectivity index (χ4v) is 4.31. The minimum atomic E-state index is -0.435. The number of nitrogens with zero attached hydrogens (tertiary/aromatic N) is 1. The van der Waals surface area contributed by atoms with Gasteiger partial charge in [-0.25, -0.2) is 4.39 Å². The van der Waals surface area contributed by atoms with Crippen molar-refractivity contribution in [1.82, 2.24) is 4.90 Å². The van der Waals surface area contributed by atoms with Crippen LogP contribution in [0.1, 0.15) is 42.5 Å². The van der Waals surface area contributed by atoms with Gasteiger partial charge in [0.1, 0.15) is 5.82 Å². The van der Waals surface area contributed by atoms with Crippen molar-refractivity contribution in [2.24, 2.45) is 5.41 Å². The molecule has 1 spiro atoms. The number of benzene rings is 1. The van der Waals surface area contributed by atoms with Crippen LogP contribution in [0, 0.1) is 11.2 Å². The summed E-state index contributed by atoms with van der Waals surface area (Å²) in [6.45, 7) is 1.38. The molecule has 1 saturated heterocycles. The molecule has 0 unspecified atom stereocenters. The van der Waals surface area contributed by atoms with Crippen LogP contribution in [0.3, 0.4) is 0 Å². The van der Waals surface area contributed by atoms with Crippen LogP contribution in [-0.2, 0) is 4.74 Å². The molecule has 0 bridgehead atoms. The molecule has 1 amide bonds. The van der Waals surface area contributed by atoms with Crippen molar-refractivity contribution < 1.29 is 13.9 Å². The summed E-state index contributed by atoms with van der Waals surface area (Å²) in [5.41, 5.74) is 0.313. The summed E-state index contributed by atoms with van der Waals surface area (Å²) in [4.78, 5) is 14.6. The number of rotatable bonds is 2. The van der Waals surface area contributed by atoms with E-state index in [1.807, 2.05) is 4.90 Å². The Kier molecular flexibility index (Phi) is 4.42. The second kappa shape index (κ2) is 6.17. The first-order chi connectivity index (χ1) is 10.6. The van der Waals surface area contributed by atoms with E-state index < -0.39 is 5.82 Å². The molecule has 22 heavy (non-hydrogen) atoms. The highest BCUT2D eigenvalue weighted by Gasteiger charge is 2.46. The van der Waals surface area contributed by atoms with E-state index in [1.54, 1.807) is 7.11 Å². The Morgan fingerprint density at radius 2 is 2.18 bits per heavy atom. The Morgan fingerprint density at radius 3 is 2.95 bits per heavy atom. The number of amides is 1. The van der Waals surface area contributed by atoms with Crippen LogP contribution in [0.5, 0.6) is 0 Å². The summed E-state index contributed by atoms with van der Waals surface area (Å²) in [5.74, 6) is -0.611. The van der Waals surface area contributed by atoms with E-state index >= 15 is 0 Å². The molecule has 1 aliphatic heterocycles. The number of ether oxygens (including phenoxy) is 1. The fourth-order valence-electron chi connectivity index (χ4n) is 4.11. The predicted octanol–water partition coefficient (Wildman–Crippen LogP) is 3.90. The molecule has 0 aromatic heterocycles. The van der Waals surface area contributed by atoms with Gasteiger partial charge in [-0.2, -0.15) is 0 Å². The van der Waals surface area contributed by atoms with Gasteiger partial charge in [-0.1, -0.05) is 18.0 Å². The molecule has 3 nitrogen and oxygen atoms in total. The van der Waals surface area contributed by atoms with Gasteiger partial charge in [0.25, 0.3) is 5.91 Å². The lowest BCUT2D eigenvalue weighted by Crippen LogP contribution is -2.49. The fraction of sp³-hybridized carbons (Fsp3) is 0.588. The Labute approximate surface area is 135 Å². The van der Waals surface area contributed by atoms with E-state index in [9.17, 15) is 9.18 Å². The minimum absolute atomic E-state index is 0.0580. The maximum atomic E-state index is 13.4. The molecule has 120 valence electrons. The minimum Gasteiger partial charge on any atom is -0.381 e. The molecule has 2 atom stereocenters. The number of hydrogen-bond acceptors (Lipinski definition) is 2. The van der Waals surface area contributed by atoms with Gasteiger partial charge in [-0.3, -0.25) is 4.79 Å². The molecule has 0 N–H and O–H groups in total. The molecule has 1 aromatic rings. The highest BCUT2D eigenvalue weighted by atomic mass is 35.5. The van der Waals surface area contributed by atoms with Gasteiger partial charge in [-0.15, -0.1) is 0 Å². The van der Waals surface area contributed by atoms with Gasteiger partial charge < -0.3 is 9.64 Å². The molecule has 0 radical (unpaired) electrons. The van der Waals surface area contributed by atoms with Gasteiger partial charge in [0.05, 0.1) is 16.7 Å². The lowest BCUT2D eigenvalue weighted by Gasteiger charge is -2.43. The van der Waals surface area contributed by atoms with E-state index in [0.717, 1.165) is 32.1 Å². The highest BCUT2D eigenvalue weighted by Crippen LogP contribution is 2.46. The SMILES string of the molecule is CO[C@@H]1CCC[C@]12CCCN(C(=O)c1cc(F)ccc1Cl)C2. The van der Waals surface area contributed by atoms with E-state index in [0.29, 0.717) is 18.1 Å². The van der Waals surface area contributed by atoms with Crippen molar-refractivity contribution in [3.63, 3.8) is 0 Å². The molecule has 3 rings (SSSR count). The molecule has 1 saturated carbocycles. The molecule has 1 heterocycles. The maximum Gasteiger partial charge on any atom is 0.255 e. The summed E-state index contributed by atoms with van der Waals surface area (Å²) in [7, 11) is 1.75. The van der Waals surface area contributed by atoms with Gasteiger partial charge in [0, 0.05) is 25.6 Å². The third-order valence-electron chi connectivity index (χ3n) is 5.16. The first-order valence-electron chi connectivity index (χ1n) is 7.83. The van der Waals surface area contributed by atoms with Gasteiger partial charge in [0.2, 0.25) is 0 Å². The molecular formula is C17H21ClFNO2. The monoisotopic (exact) mass is 325 g/mol. The first kappa shape index (κ1) is 15.8. The Hall–Kier alpha value is -1.13. The molecule has 1 aliphatic carbocycles. The van der Waals surface area contributed by atoms with Crippen molar-refractivity contribution in [3.05, 3.63) is 34.6 Å². The van der Waals surface area contributed by atoms with Crippen molar-refractivity contribution >= 4 is 17.5 Å². The van der Waals surface area contributed by atoms with Gasteiger partial charge in [-0.05, 0) is 43.9 Å². The first-order valence-corrected chi connectivity index (χ1v) is 8.21. The topological polar surface area (TPSA) is 29.5 Å². The van der Waals surface area contributed by atoms with Crippen LogP contribution in [0.2, 0.25) is 5.02 Å². The van der Waals surface area contributed by atoms with Crippen molar-refractivity contribution in [2.75, 3.05) is 20.2 Å². The molecule has 1 aromatic carbocycles. The normalized spacial score (nSPS) is 28.3. The zero-order valence-corrected chi connectivity index (χ0v) is 13.5. The third kappa shape index (κ3) is 2.74. The second-order valence-corrected chi connectivity index (χ2v) is 6.84. The average molecular weight is 326 g/mol. The maximum absolute atomic E-state index is 13.4. The van der Waals surface area contributed by atoms with Gasteiger partial charge in [0.15, 0.2) is 0 Å². The number of piperidine rings is 1. The van der Waals surface area contributed by atoms with E-state index in [4.69, 9.17) is 16.3 Å². The summed E-state index contributed by atoms with van der Waals surface area (Å²) >= 11 is 6.08. The lowest BCUT2D eigenvalue weighted by atomic mass is 9.76. The van der Waals surface area contributed by atoms with E-state index in [1.165, 1.54) is 18.2 Å². The van der Waals surface area contributed by atoms with Crippen LogP contribution >= 0.6 is 11.6 Å². The number of halogens is 2. The molecule has 2 fully saturated rings. The zero-order valence-electron chi connectivity index (χ0n) is 12.8. The summed E-state index contributed by atoms with van der Waals surface area (Å²) in [6.07, 6.45) is 5.54. The van der Waals surface area contributed by atoms with Crippen molar-refractivity contribution in [1.29, 1.82) is 0 Å². The van der Waals surface area contributed by atoms with Crippen LogP contribution in [-0.4, -0.2) is 37.1 Å². The number of likely N-dealkylation sites (tertiary alicyclic amines) is 1. The third-order valence-corrected chi connectivity index (χ3v) is 5.49. The largest absolute Gasteiger partial charge is 0.381 e. The second-order valence-electron chi connectivity index (χ2n) is 6.43. The van der Waals surface area contributed by atoms with Crippen molar-refractivity contribution in [3.8, 4) is 0 Å². The summed E-state index contributed by atoms with van der Waals surface area (Å²) in [6, 6.07) is 3.94. The van der Waals surface area contributed by atoms with Crippen molar-refractivity contribution in [2.45, 2.75) is 38.2 Å². The smallest absolute Gasteiger partial charge is 0.255 e. The lowest BCUT2D eigenvalue weighted by molar-refractivity contribution is -0.0295. The Balaban J connectivity index is 1.83. The van der Waals surface area contributed by atoms with E-state index in [2.05, 4.69) is 0 Å². The summed E-state index contributed by atoms with van der Waals surface area (Å²) in [5, 5.41) is 0.306. The Bertz CT molecular complexity index is 580. The zero-order chi connectivity index (χ0) is 15.7. The molecule has 5 heteroatoms. The Morgan fingerprint density at radius 1 is 1.41 bits per heavy atom. The van der Waals surface area contributed by atoms with Gasteiger partial charge >= 0.3 is 0 Å². The molecule has 2 aliphatic rings.